The molecule has 0 unspecified atom stereocenters. The molecular weight excluding hydrogens is 316 g/mol. The summed E-state index contributed by atoms with van der Waals surface area (Å²) < 4.78 is 13.2. The largest absolute Gasteiger partial charge is 0.491 e. The molecule has 5 heteroatoms. The summed E-state index contributed by atoms with van der Waals surface area (Å²) in [6.07, 6.45) is 1.66. The average Bonchev–Trinajstić information content (AvgIpc) is 3.32. The summed E-state index contributed by atoms with van der Waals surface area (Å²) in [5.74, 6) is 1.63. The van der Waals surface area contributed by atoms with Crippen molar-refractivity contribution in [2.45, 2.75) is 26.4 Å². The van der Waals surface area contributed by atoms with Crippen molar-refractivity contribution in [3.8, 4) is 5.75 Å². The van der Waals surface area contributed by atoms with Gasteiger partial charge in [0.1, 0.15) is 18.1 Å². The van der Waals surface area contributed by atoms with Gasteiger partial charge in [0, 0.05) is 17.0 Å². The van der Waals surface area contributed by atoms with Crippen molar-refractivity contribution in [3.05, 3.63) is 77.0 Å². The van der Waals surface area contributed by atoms with Gasteiger partial charge in [-0.1, -0.05) is 18.2 Å². The molecule has 25 heavy (non-hydrogen) atoms. The van der Waals surface area contributed by atoms with E-state index < -0.39 is 0 Å². The number of carbonyl (C=O) groups is 1. The van der Waals surface area contributed by atoms with Crippen LogP contribution in [0.1, 0.15) is 39.1 Å². The third-order valence-electron chi connectivity index (χ3n) is 4.72. The first-order chi connectivity index (χ1) is 12.1. The van der Waals surface area contributed by atoms with Crippen LogP contribution in [0, 0.1) is 13.8 Å². The second kappa shape index (κ2) is 6.16. The molecule has 0 saturated carbocycles. The SMILES string of the molecule is Cc1cc(C(=O)N[C@H]2COc3ccccc32)c(C)n1Cc1ccco1. The Kier molecular flexibility index (Phi) is 3.84. The summed E-state index contributed by atoms with van der Waals surface area (Å²) >= 11 is 0. The number of fused-ring (bicyclic) bond motifs is 1. The third-order valence-corrected chi connectivity index (χ3v) is 4.72. The Morgan fingerprint density at radius 2 is 2.08 bits per heavy atom. The predicted octanol–water partition coefficient (Wildman–Crippen LogP) is 3.61. The minimum absolute atomic E-state index is 0.0795. The van der Waals surface area contributed by atoms with Gasteiger partial charge in [0.15, 0.2) is 0 Å². The Morgan fingerprint density at radius 3 is 2.88 bits per heavy atom. The lowest BCUT2D eigenvalue weighted by atomic mass is 10.1. The van der Waals surface area contributed by atoms with Crippen molar-refractivity contribution in [2.75, 3.05) is 6.61 Å². The molecule has 0 aliphatic carbocycles. The van der Waals surface area contributed by atoms with Gasteiger partial charge in [-0.2, -0.15) is 0 Å². The van der Waals surface area contributed by atoms with Gasteiger partial charge >= 0.3 is 0 Å². The first kappa shape index (κ1) is 15.6. The molecule has 3 heterocycles. The minimum Gasteiger partial charge on any atom is -0.491 e. The molecule has 1 aromatic carbocycles. The molecule has 1 atom stereocenters. The number of nitrogens with one attached hydrogen (secondary N) is 1. The molecule has 1 aliphatic heterocycles. The summed E-state index contributed by atoms with van der Waals surface area (Å²) in [5.41, 5.74) is 3.68. The van der Waals surface area contributed by atoms with Crippen molar-refractivity contribution in [3.63, 3.8) is 0 Å². The zero-order valence-electron chi connectivity index (χ0n) is 14.3. The standard InChI is InChI=1S/C20H20N2O3/c1-13-10-17(14(2)22(13)11-15-6-5-9-24-15)20(23)21-18-12-25-19-8-4-3-7-16(18)19/h3-10,18H,11-12H2,1-2H3,(H,21,23)/t18-/m0/s1. The number of aromatic nitrogens is 1. The normalized spacial score (nSPS) is 15.7. The molecule has 2 aromatic heterocycles. The van der Waals surface area contributed by atoms with Crippen LogP contribution in [-0.4, -0.2) is 17.1 Å². The zero-order chi connectivity index (χ0) is 17.4. The van der Waals surface area contributed by atoms with Gasteiger partial charge in [-0.15, -0.1) is 0 Å². The van der Waals surface area contributed by atoms with Crippen molar-refractivity contribution in [1.82, 2.24) is 9.88 Å². The van der Waals surface area contributed by atoms with E-state index in [0.29, 0.717) is 18.7 Å². The quantitative estimate of drug-likeness (QED) is 0.792. The van der Waals surface area contributed by atoms with Crippen LogP contribution >= 0.6 is 0 Å². The highest BCUT2D eigenvalue weighted by Gasteiger charge is 2.26. The summed E-state index contributed by atoms with van der Waals surface area (Å²) in [7, 11) is 0. The van der Waals surface area contributed by atoms with Crippen LogP contribution in [0.2, 0.25) is 0 Å². The number of amides is 1. The van der Waals surface area contributed by atoms with Crippen LogP contribution in [0.25, 0.3) is 0 Å². The number of benzene rings is 1. The Hall–Kier alpha value is -2.95. The van der Waals surface area contributed by atoms with E-state index in [-0.39, 0.29) is 11.9 Å². The van der Waals surface area contributed by atoms with Crippen LogP contribution in [0.5, 0.6) is 5.75 Å². The lowest BCUT2D eigenvalue weighted by molar-refractivity contribution is 0.0929. The van der Waals surface area contributed by atoms with Gasteiger partial charge in [0.05, 0.1) is 24.4 Å². The van der Waals surface area contributed by atoms with E-state index in [0.717, 1.165) is 28.5 Å². The molecule has 3 aromatic rings. The zero-order valence-corrected chi connectivity index (χ0v) is 14.3. The van der Waals surface area contributed by atoms with Gasteiger partial charge in [-0.25, -0.2) is 0 Å². The molecule has 0 bridgehead atoms. The van der Waals surface area contributed by atoms with E-state index in [1.807, 2.05) is 56.3 Å². The molecule has 1 aliphatic rings. The number of hydrogen-bond donors (Lipinski definition) is 1. The van der Waals surface area contributed by atoms with E-state index in [4.69, 9.17) is 9.15 Å². The van der Waals surface area contributed by atoms with Crippen LogP contribution in [-0.2, 0) is 6.54 Å². The van der Waals surface area contributed by atoms with E-state index in [2.05, 4.69) is 9.88 Å². The van der Waals surface area contributed by atoms with Crippen molar-refractivity contribution in [2.24, 2.45) is 0 Å². The molecule has 1 amide bonds. The van der Waals surface area contributed by atoms with Crippen molar-refractivity contribution in [1.29, 1.82) is 0 Å². The lowest BCUT2D eigenvalue weighted by Gasteiger charge is -2.12. The van der Waals surface area contributed by atoms with Crippen LogP contribution in [0.4, 0.5) is 0 Å². The fraction of sp³-hybridized carbons (Fsp3) is 0.250. The summed E-state index contributed by atoms with van der Waals surface area (Å²) in [5, 5.41) is 3.09. The molecule has 5 nitrogen and oxygen atoms in total. The second-order valence-electron chi connectivity index (χ2n) is 6.33. The van der Waals surface area contributed by atoms with Gasteiger partial charge in [-0.3, -0.25) is 4.79 Å². The molecule has 4 rings (SSSR count). The Labute approximate surface area is 146 Å². The topological polar surface area (TPSA) is 56.4 Å². The predicted molar refractivity (Wildman–Crippen MR) is 93.9 cm³/mol. The number of hydrogen-bond acceptors (Lipinski definition) is 3. The van der Waals surface area contributed by atoms with Gasteiger partial charge in [0.25, 0.3) is 5.91 Å². The maximum Gasteiger partial charge on any atom is 0.253 e. The highest BCUT2D eigenvalue weighted by Crippen LogP contribution is 2.32. The van der Waals surface area contributed by atoms with E-state index in [1.165, 1.54) is 0 Å². The van der Waals surface area contributed by atoms with Gasteiger partial charge < -0.3 is 19.0 Å². The Bertz CT molecular complexity index is 909. The van der Waals surface area contributed by atoms with Crippen LogP contribution in [0.15, 0.2) is 53.1 Å². The molecule has 0 spiro atoms. The summed E-state index contributed by atoms with van der Waals surface area (Å²) in [4.78, 5) is 12.8. The monoisotopic (exact) mass is 336 g/mol. The highest BCUT2D eigenvalue weighted by molar-refractivity contribution is 5.96. The third kappa shape index (κ3) is 2.82. The molecule has 1 N–H and O–H groups in total. The first-order valence-corrected chi connectivity index (χ1v) is 8.35. The maximum absolute atomic E-state index is 12.8. The Balaban J connectivity index is 1.55. The molecule has 0 fully saturated rings. The molecular formula is C20H20N2O3. The van der Waals surface area contributed by atoms with Crippen LogP contribution < -0.4 is 10.1 Å². The Morgan fingerprint density at radius 1 is 1.24 bits per heavy atom. The van der Waals surface area contributed by atoms with Gasteiger partial charge in [0.2, 0.25) is 0 Å². The van der Waals surface area contributed by atoms with Crippen molar-refractivity contribution < 1.29 is 13.9 Å². The number of carbonyl (C=O) groups excluding carboxylic acids is 1. The van der Waals surface area contributed by atoms with Crippen molar-refractivity contribution >= 4 is 5.91 Å². The molecule has 0 saturated heterocycles. The number of aryl methyl sites for hydroxylation is 1. The number of para-hydroxylation sites is 1. The lowest BCUT2D eigenvalue weighted by Crippen LogP contribution is -2.29. The number of rotatable bonds is 4. The first-order valence-electron chi connectivity index (χ1n) is 8.35. The highest BCUT2D eigenvalue weighted by atomic mass is 16.5. The number of ether oxygens (including phenoxy) is 1. The smallest absolute Gasteiger partial charge is 0.253 e. The van der Waals surface area contributed by atoms with Gasteiger partial charge in [-0.05, 0) is 38.1 Å². The van der Waals surface area contributed by atoms with E-state index in [1.54, 1.807) is 6.26 Å². The number of nitrogens with zero attached hydrogens (tertiary/aromatic N) is 1. The summed E-state index contributed by atoms with van der Waals surface area (Å²) in [6.45, 7) is 5.05. The average molecular weight is 336 g/mol. The van der Waals surface area contributed by atoms with Crippen LogP contribution in [0.3, 0.4) is 0 Å². The maximum atomic E-state index is 12.8. The van der Waals surface area contributed by atoms with E-state index >= 15 is 0 Å². The molecule has 128 valence electrons. The fourth-order valence-electron chi connectivity index (χ4n) is 3.35. The van der Waals surface area contributed by atoms with E-state index in [9.17, 15) is 4.79 Å². The minimum atomic E-state index is -0.114. The fourth-order valence-corrected chi connectivity index (χ4v) is 3.35. The second-order valence-corrected chi connectivity index (χ2v) is 6.33. The summed E-state index contributed by atoms with van der Waals surface area (Å²) in [6, 6.07) is 13.4. The molecule has 0 radical (unpaired) electrons. The number of furan rings is 1.